The lowest BCUT2D eigenvalue weighted by molar-refractivity contribution is -0.119. The Morgan fingerprint density at radius 3 is 2.52 bits per heavy atom. The molecule has 0 aliphatic carbocycles. The second-order valence-electron chi connectivity index (χ2n) is 5.27. The molecule has 0 saturated carbocycles. The summed E-state index contributed by atoms with van der Waals surface area (Å²) in [4.78, 5) is 24.2. The lowest BCUT2D eigenvalue weighted by Gasteiger charge is -2.07. The fourth-order valence-corrected chi connectivity index (χ4v) is 3.51. The van der Waals surface area contributed by atoms with Gasteiger partial charge >= 0.3 is 5.97 Å². The maximum Gasteiger partial charge on any atom is 0.349 e. The molecule has 0 spiro atoms. The number of hydrogen-bond acceptors (Lipinski definition) is 4. The largest absolute Gasteiger partial charge is 0.451 e. The number of esters is 1. The van der Waals surface area contributed by atoms with Crippen LogP contribution in [-0.2, 0) is 9.53 Å². The maximum absolute atomic E-state index is 13.9. The first-order chi connectivity index (χ1) is 12.0. The van der Waals surface area contributed by atoms with E-state index in [-0.39, 0.29) is 10.6 Å². The lowest BCUT2D eigenvalue weighted by Crippen LogP contribution is -2.21. The number of halogens is 2. The molecule has 25 heavy (non-hydrogen) atoms. The molecule has 1 heterocycles. The van der Waals surface area contributed by atoms with Gasteiger partial charge < -0.3 is 10.1 Å². The molecule has 0 aliphatic heterocycles. The second-order valence-corrected chi connectivity index (χ2v) is 6.33. The highest BCUT2D eigenvalue weighted by atomic mass is 32.1. The number of aryl methyl sites for hydroxylation is 1. The highest BCUT2D eigenvalue weighted by molar-refractivity contribution is 7.21. The smallest absolute Gasteiger partial charge is 0.349 e. The third-order valence-corrected chi connectivity index (χ3v) is 4.81. The number of fused-ring (bicyclic) bond motifs is 1. The Hall–Kier alpha value is -2.80. The van der Waals surface area contributed by atoms with E-state index in [2.05, 4.69) is 5.32 Å². The van der Waals surface area contributed by atoms with E-state index in [4.69, 9.17) is 4.74 Å². The number of benzene rings is 2. The van der Waals surface area contributed by atoms with Gasteiger partial charge in [0, 0.05) is 10.1 Å². The number of amides is 1. The van der Waals surface area contributed by atoms with Crippen LogP contribution in [0.15, 0.2) is 42.5 Å². The molecule has 1 aromatic heterocycles. The molecule has 2 aromatic carbocycles. The van der Waals surface area contributed by atoms with Crippen molar-refractivity contribution in [2.24, 2.45) is 0 Å². The van der Waals surface area contributed by atoms with Crippen molar-refractivity contribution in [3.8, 4) is 0 Å². The molecule has 3 rings (SSSR count). The van der Waals surface area contributed by atoms with Crippen molar-refractivity contribution < 1.29 is 23.1 Å². The molecule has 1 amide bonds. The average Bonchev–Trinajstić information content (AvgIpc) is 2.93. The third kappa shape index (κ3) is 3.51. The molecule has 4 nitrogen and oxygen atoms in total. The van der Waals surface area contributed by atoms with Crippen molar-refractivity contribution in [1.82, 2.24) is 0 Å². The van der Waals surface area contributed by atoms with Crippen LogP contribution in [0.3, 0.4) is 0 Å². The van der Waals surface area contributed by atoms with Crippen LogP contribution in [0.5, 0.6) is 0 Å². The van der Waals surface area contributed by atoms with Crippen LogP contribution in [0.2, 0.25) is 0 Å². The summed E-state index contributed by atoms with van der Waals surface area (Å²) >= 11 is 1.10. The zero-order valence-electron chi connectivity index (χ0n) is 13.1. The quantitative estimate of drug-likeness (QED) is 0.706. The van der Waals surface area contributed by atoms with Crippen molar-refractivity contribution in [2.45, 2.75) is 6.92 Å². The van der Waals surface area contributed by atoms with E-state index < -0.39 is 30.1 Å². The van der Waals surface area contributed by atoms with Gasteiger partial charge in [-0.05, 0) is 36.8 Å². The molecule has 0 unspecified atom stereocenters. The Labute approximate surface area is 146 Å². The Balaban J connectivity index is 1.69. The molecule has 128 valence electrons. The number of carbonyl (C=O) groups is 2. The van der Waals surface area contributed by atoms with Crippen LogP contribution >= 0.6 is 11.3 Å². The summed E-state index contributed by atoms with van der Waals surface area (Å²) in [6.45, 7) is 1.06. The standard InChI is InChI=1S/C18H13F2NO3S/c1-10-16-12(20)6-4-8-14(16)25-17(10)18(23)24-9-15(22)21-13-7-3-2-5-11(13)19/h2-8H,9H2,1H3,(H,21,22). The molecular formula is C18H13F2NO3S. The van der Waals surface area contributed by atoms with Gasteiger partial charge in [-0.15, -0.1) is 11.3 Å². The molecule has 0 radical (unpaired) electrons. The molecule has 0 atom stereocenters. The second kappa shape index (κ2) is 6.98. The summed E-state index contributed by atoms with van der Waals surface area (Å²) in [5.41, 5.74) is 0.473. The average molecular weight is 361 g/mol. The Morgan fingerprint density at radius 2 is 1.80 bits per heavy atom. The van der Waals surface area contributed by atoms with Crippen LogP contribution in [-0.4, -0.2) is 18.5 Å². The fourth-order valence-electron chi connectivity index (χ4n) is 2.39. The number of para-hydroxylation sites is 1. The molecule has 1 N–H and O–H groups in total. The van der Waals surface area contributed by atoms with E-state index >= 15 is 0 Å². The zero-order valence-corrected chi connectivity index (χ0v) is 14.0. The van der Waals surface area contributed by atoms with Crippen molar-refractivity contribution in [3.05, 3.63) is 64.5 Å². The molecule has 3 aromatic rings. The van der Waals surface area contributed by atoms with Gasteiger partial charge in [-0.25, -0.2) is 13.6 Å². The molecule has 0 aliphatic rings. The van der Waals surface area contributed by atoms with Gasteiger partial charge in [0.15, 0.2) is 6.61 Å². The number of ether oxygens (including phenoxy) is 1. The van der Waals surface area contributed by atoms with Gasteiger partial charge in [-0.3, -0.25) is 4.79 Å². The van der Waals surface area contributed by atoms with Gasteiger partial charge in [-0.1, -0.05) is 18.2 Å². The number of rotatable bonds is 4. The summed E-state index contributed by atoms with van der Waals surface area (Å²) in [6.07, 6.45) is 0. The van der Waals surface area contributed by atoms with Gasteiger partial charge in [-0.2, -0.15) is 0 Å². The number of nitrogens with one attached hydrogen (secondary N) is 1. The van der Waals surface area contributed by atoms with Crippen molar-refractivity contribution in [1.29, 1.82) is 0 Å². The normalized spacial score (nSPS) is 10.7. The van der Waals surface area contributed by atoms with E-state index in [9.17, 15) is 18.4 Å². The Morgan fingerprint density at radius 1 is 1.08 bits per heavy atom. The monoisotopic (exact) mass is 361 g/mol. The van der Waals surface area contributed by atoms with Crippen LogP contribution in [0, 0.1) is 18.6 Å². The SMILES string of the molecule is Cc1c(C(=O)OCC(=O)Nc2ccccc2F)sc2cccc(F)c12. The maximum atomic E-state index is 13.9. The Kier molecular flexibility index (Phi) is 4.76. The Bertz CT molecular complexity index is 968. The van der Waals surface area contributed by atoms with Crippen molar-refractivity contribution in [3.63, 3.8) is 0 Å². The minimum absolute atomic E-state index is 0.00339. The first-order valence-corrected chi connectivity index (χ1v) is 8.18. The highest BCUT2D eigenvalue weighted by Crippen LogP contribution is 2.32. The van der Waals surface area contributed by atoms with E-state index in [1.54, 1.807) is 25.1 Å². The van der Waals surface area contributed by atoms with Crippen LogP contribution in [0.25, 0.3) is 10.1 Å². The summed E-state index contributed by atoms with van der Waals surface area (Å²) in [5.74, 6) is -2.38. The third-order valence-electron chi connectivity index (χ3n) is 3.57. The lowest BCUT2D eigenvalue weighted by atomic mass is 10.1. The van der Waals surface area contributed by atoms with Crippen LogP contribution in [0.4, 0.5) is 14.5 Å². The number of anilines is 1. The molecular weight excluding hydrogens is 348 g/mol. The molecule has 0 fully saturated rings. The minimum Gasteiger partial charge on any atom is -0.451 e. The fraction of sp³-hybridized carbons (Fsp3) is 0.111. The summed E-state index contributed by atoms with van der Waals surface area (Å²) in [6, 6.07) is 10.3. The first kappa shape index (κ1) is 17.0. The molecule has 0 saturated heterocycles. The van der Waals surface area contributed by atoms with E-state index in [0.717, 1.165) is 11.3 Å². The minimum atomic E-state index is -0.721. The number of carbonyl (C=O) groups excluding carboxylic acids is 2. The van der Waals surface area contributed by atoms with Crippen LogP contribution in [0.1, 0.15) is 15.2 Å². The summed E-state index contributed by atoms with van der Waals surface area (Å²) in [7, 11) is 0. The molecule has 0 bridgehead atoms. The zero-order chi connectivity index (χ0) is 18.0. The van der Waals surface area contributed by atoms with Crippen molar-refractivity contribution >= 4 is 39.0 Å². The number of hydrogen-bond donors (Lipinski definition) is 1. The van der Waals surface area contributed by atoms with Crippen LogP contribution < -0.4 is 5.32 Å². The predicted octanol–water partition coefficient (Wildman–Crippen LogP) is 4.28. The van der Waals surface area contributed by atoms with E-state index in [1.807, 2.05) is 0 Å². The van der Waals surface area contributed by atoms with Gasteiger partial charge in [0.1, 0.15) is 16.5 Å². The van der Waals surface area contributed by atoms with Gasteiger partial charge in [0.2, 0.25) is 0 Å². The predicted molar refractivity (Wildman–Crippen MR) is 91.8 cm³/mol. The van der Waals surface area contributed by atoms with E-state index in [1.165, 1.54) is 24.3 Å². The van der Waals surface area contributed by atoms with E-state index in [0.29, 0.717) is 15.6 Å². The summed E-state index contributed by atoms with van der Waals surface area (Å²) < 4.78 is 32.9. The topological polar surface area (TPSA) is 55.4 Å². The summed E-state index contributed by atoms with van der Waals surface area (Å²) in [5, 5.41) is 2.69. The first-order valence-electron chi connectivity index (χ1n) is 7.36. The van der Waals surface area contributed by atoms with Crippen molar-refractivity contribution in [2.75, 3.05) is 11.9 Å². The highest BCUT2D eigenvalue weighted by Gasteiger charge is 2.20. The van der Waals surface area contributed by atoms with Gasteiger partial charge in [0.05, 0.1) is 5.69 Å². The van der Waals surface area contributed by atoms with Gasteiger partial charge in [0.25, 0.3) is 5.91 Å². The molecule has 7 heteroatoms. The number of thiophene rings is 1.